The maximum atomic E-state index is 5.43. The van der Waals surface area contributed by atoms with Crippen molar-refractivity contribution in [3.63, 3.8) is 0 Å². The molecule has 30 heavy (non-hydrogen) atoms. The Bertz CT molecular complexity index is 999. The molecule has 158 valence electrons. The van der Waals surface area contributed by atoms with Crippen LogP contribution in [0, 0.1) is 0 Å². The monoisotopic (exact) mass is 406 g/mol. The Morgan fingerprint density at radius 2 is 2.10 bits per heavy atom. The molecule has 0 amide bonds. The second-order valence-corrected chi connectivity index (χ2v) is 8.02. The van der Waals surface area contributed by atoms with Crippen molar-refractivity contribution in [2.45, 2.75) is 32.4 Å². The zero-order valence-electron chi connectivity index (χ0n) is 18.2. The highest BCUT2D eigenvalue weighted by Gasteiger charge is 2.28. The van der Waals surface area contributed by atoms with Gasteiger partial charge in [-0.2, -0.15) is 5.10 Å². The third-order valence-electron chi connectivity index (χ3n) is 5.66. The summed E-state index contributed by atoms with van der Waals surface area (Å²) in [7, 11) is 5.66. The molecule has 0 bridgehead atoms. The molecule has 1 saturated heterocycles. The number of anilines is 1. The van der Waals surface area contributed by atoms with Gasteiger partial charge in [-0.05, 0) is 37.6 Å². The summed E-state index contributed by atoms with van der Waals surface area (Å²) in [5.74, 6) is 1.96. The van der Waals surface area contributed by atoms with Crippen LogP contribution >= 0.6 is 0 Å². The summed E-state index contributed by atoms with van der Waals surface area (Å²) >= 11 is 0. The number of benzene rings is 1. The molecule has 3 heterocycles. The average Bonchev–Trinajstić information content (AvgIpc) is 3.43. The fourth-order valence-electron chi connectivity index (χ4n) is 4.04. The topological polar surface area (TPSA) is 59.3 Å². The molecule has 1 atom stereocenters. The van der Waals surface area contributed by atoms with Crippen molar-refractivity contribution in [3.05, 3.63) is 54.1 Å². The van der Waals surface area contributed by atoms with Crippen molar-refractivity contribution in [3.8, 4) is 16.9 Å². The lowest BCUT2D eigenvalue weighted by Gasteiger charge is -2.19. The Morgan fingerprint density at radius 3 is 2.83 bits per heavy atom. The lowest BCUT2D eigenvalue weighted by molar-refractivity contribution is 0.326. The molecule has 0 saturated carbocycles. The smallest absolute Gasteiger partial charge is 0.225 e. The standard InChI is InChI=1S/C23H30N6O/c1-5-29-15-17(12-25-29)14-28-10-9-19(16-28)22-21(13-24-23(26-22)27(2)3)18-7-6-8-20(11-18)30-4/h6-8,11-13,15,19H,5,9-10,14,16H2,1-4H3/t19-/m1/s1. The zero-order chi connectivity index (χ0) is 21.1. The molecule has 0 radical (unpaired) electrons. The van der Waals surface area contributed by atoms with Gasteiger partial charge >= 0.3 is 0 Å². The van der Waals surface area contributed by atoms with E-state index < -0.39 is 0 Å². The van der Waals surface area contributed by atoms with Gasteiger partial charge in [-0.3, -0.25) is 9.58 Å². The highest BCUT2D eigenvalue weighted by atomic mass is 16.5. The van der Waals surface area contributed by atoms with Gasteiger partial charge in [-0.15, -0.1) is 0 Å². The number of aryl methyl sites for hydroxylation is 1. The molecule has 2 aromatic heterocycles. The van der Waals surface area contributed by atoms with Gasteiger partial charge in [-0.25, -0.2) is 9.97 Å². The van der Waals surface area contributed by atoms with Crippen molar-refractivity contribution in [1.82, 2.24) is 24.6 Å². The maximum absolute atomic E-state index is 5.43. The van der Waals surface area contributed by atoms with Crippen LogP contribution in [-0.2, 0) is 13.1 Å². The third kappa shape index (κ3) is 4.31. The minimum atomic E-state index is 0.370. The van der Waals surface area contributed by atoms with Crippen molar-refractivity contribution in [2.24, 2.45) is 0 Å². The van der Waals surface area contributed by atoms with Gasteiger partial charge in [0.15, 0.2) is 0 Å². The summed E-state index contributed by atoms with van der Waals surface area (Å²) in [6, 6.07) is 8.14. The van der Waals surface area contributed by atoms with Crippen LogP contribution < -0.4 is 9.64 Å². The predicted molar refractivity (Wildman–Crippen MR) is 119 cm³/mol. The normalized spacial score (nSPS) is 16.7. The largest absolute Gasteiger partial charge is 0.497 e. The maximum Gasteiger partial charge on any atom is 0.225 e. The molecule has 1 fully saturated rings. The average molecular weight is 407 g/mol. The molecule has 1 aromatic carbocycles. The minimum Gasteiger partial charge on any atom is -0.497 e. The molecule has 1 aliphatic rings. The van der Waals surface area contributed by atoms with Crippen LogP contribution in [0.1, 0.15) is 30.5 Å². The molecule has 0 unspecified atom stereocenters. The minimum absolute atomic E-state index is 0.370. The van der Waals surface area contributed by atoms with E-state index >= 15 is 0 Å². The predicted octanol–water partition coefficient (Wildman–Crippen LogP) is 3.42. The van der Waals surface area contributed by atoms with E-state index in [9.17, 15) is 0 Å². The van der Waals surface area contributed by atoms with Gasteiger partial charge in [0.05, 0.1) is 19.0 Å². The first-order valence-corrected chi connectivity index (χ1v) is 10.5. The lowest BCUT2D eigenvalue weighted by Crippen LogP contribution is -2.20. The number of hydrogen-bond donors (Lipinski definition) is 0. The van der Waals surface area contributed by atoms with Crippen molar-refractivity contribution < 1.29 is 4.74 Å². The summed E-state index contributed by atoms with van der Waals surface area (Å²) in [6.45, 7) is 5.98. The Labute approximate surface area is 178 Å². The molecule has 0 aliphatic carbocycles. The van der Waals surface area contributed by atoms with Crippen molar-refractivity contribution >= 4 is 5.95 Å². The summed E-state index contributed by atoms with van der Waals surface area (Å²) in [5.41, 5.74) is 4.57. The van der Waals surface area contributed by atoms with Gasteiger partial charge in [-0.1, -0.05) is 12.1 Å². The quantitative estimate of drug-likeness (QED) is 0.599. The van der Waals surface area contributed by atoms with E-state index in [4.69, 9.17) is 9.72 Å². The van der Waals surface area contributed by atoms with E-state index in [2.05, 4.69) is 40.2 Å². The highest BCUT2D eigenvalue weighted by Crippen LogP contribution is 2.35. The van der Waals surface area contributed by atoms with E-state index in [0.717, 1.165) is 61.1 Å². The van der Waals surface area contributed by atoms with E-state index in [1.807, 2.05) is 48.2 Å². The van der Waals surface area contributed by atoms with Crippen LogP contribution in [-0.4, -0.2) is 58.9 Å². The van der Waals surface area contributed by atoms with Crippen LogP contribution in [0.15, 0.2) is 42.9 Å². The van der Waals surface area contributed by atoms with E-state index in [-0.39, 0.29) is 0 Å². The molecular formula is C23H30N6O. The molecule has 7 nitrogen and oxygen atoms in total. The SMILES string of the molecule is CCn1cc(CN2CC[C@@H](c3nc(N(C)C)ncc3-c3cccc(OC)c3)C2)cn1. The summed E-state index contributed by atoms with van der Waals surface area (Å²) in [6.07, 6.45) is 7.17. The van der Waals surface area contributed by atoms with Crippen LogP contribution in [0.2, 0.25) is 0 Å². The molecule has 3 aromatic rings. The third-order valence-corrected chi connectivity index (χ3v) is 5.66. The van der Waals surface area contributed by atoms with Gasteiger partial charge in [0, 0.05) is 63.2 Å². The summed E-state index contributed by atoms with van der Waals surface area (Å²) < 4.78 is 7.42. The lowest BCUT2D eigenvalue weighted by atomic mass is 9.96. The Balaban J connectivity index is 1.60. The van der Waals surface area contributed by atoms with Crippen molar-refractivity contribution in [1.29, 1.82) is 0 Å². The Hall–Kier alpha value is -2.93. The fourth-order valence-corrected chi connectivity index (χ4v) is 4.04. The summed E-state index contributed by atoms with van der Waals surface area (Å²) in [4.78, 5) is 14.0. The van der Waals surface area contributed by atoms with Crippen LogP contribution in [0.5, 0.6) is 5.75 Å². The molecule has 1 aliphatic heterocycles. The zero-order valence-corrected chi connectivity index (χ0v) is 18.2. The van der Waals surface area contributed by atoms with Crippen molar-refractivity contribution in [2.75, 3.05) is 39.2 Å². The van der Waals surface area contributed by atoms with Crippen LogP contribution in [0.4, 0.5) is 5.95 Å². The number of rotatable bonds is 7. The highest BCUT2D eigenvalue weighted by molar-refractivity contribution is 5.68. The van der Waals surface area contributed by atoms with E-state index in [0.29, 0.717) is 5.92 Å². The van der Waals surface area contributed by atoms with Gasteiger partial charge in [0.2, 0.25) is 5.95 Å². The van der Waals surface area contributed by atoms with E-state index in [1.54, 1.807) is 7.11 Å². The number of aromatic nitrogens is 4. The van der Waals surface area contributed by atoms with Crippen LogP contribution in [0.25, 0.3) is 11.1 Å². The first kappa shape index (κ1) is 20.3. The van der Waals surface area contributed by atoms with Gasteiger partial charge in [0.25, 0.3) is 0 Å². The molecule has 0 N–H and O–H groups in total. The number of nitrogens with zero attached hydrogens (tertiary/aromatic N) is 6. The Kier molecular flexibility index (Phi) is 5.99. The number of ether oxygens (including phenoxy) is 1. The number of methoxy groups -OCH3 is 1. The second-order valence-electron chi connectivity index (χ2n) is 8.02. The molecule has 7 heteroatoms. The first-order chi connectivity index (χ1) is 14.6. The fraction of sp³-hybridized carbons (Fsp3) is 0.435. The molecule has 0 spiro atoms. The van der Waals surface area contributed by atoms with Crippen LogP contribution in [0.3, 0.4) is 0 Å². The number of hydrogen-bond acceptors (Lipinski definition) is 6. The number of likely N-dealkylation sites (tertiary alicyclic amines) is 1. The van der Waals surface area contributed by atoms with Gasteiger partial charge < -0.3 is 9.64 Å². The van der Waals surface area contributed by atoms with E-state index in [1.165, 1.54) is 5.56 Å². The summed E-state index contributed by atoms with van der Waals surface area (Å²) in [5, 5.41) is 4.41. The Morgan fingerprint density at radius 1 is 1.23 bits per heavy atom. The second kappa shape index (κ2) is 8.83. The molecule has 4 rings (SSSR count). The van der Waals surface area contributed by atoms with Gasteiger partial charge in [0.1, 0.15) is 5.75 Å². The molecular weight excluding hydrogens is 376 g/mol. The first-order valence-electron chi connectivity index (χ1n) is 10.5.